The van der Waals surface area contributed by atoms with Crippen molar-refractivity contribution in [1.29, 1.82) is 0 Å². The smallest absolute Gasteiger partial charge is 0.286 e. The lowest BCUT2D eigenvalue weighted by molar-refractivity contribution is -0.142. The van der Waals surface area contributed by atoms with Gasteiger partial charge in [0.1, 0.15) is 29.3 Å². The molecule has 4 rings (SSSR count). The summed E-state index contributed by atoms with van der Waals surface area (Å²) in [5, 5.41) is 35.6. The predicted molar refractivity (Wildman–Crippen MR) is 190 cm³/mol. The van der Waals surface area contributed by atoms with Gasteiger partial charge in [0.2, 0.25) is 29.4 Å². The summed E-state index contributed by atoms with van der Waals surface area (Å²) in [6.45, 7) is 11.3. The molecule has 1 saturated heterocycles. The van der Waals surface area contributed by atoms with Crippen LogP contribution in [0.2, 0.25) is 0 Å². The first-order valence-corrected chi connectivity index (χ1v) is 17.6. The SMILES string of the molecule is CC(C)C(NC(=O)C1CCCN1C(=O)C(NC(=O)CCCCC(C)(C)NC(=O)c1ccc(O)cn1)C(C)C)C(=O)c1nnc(-c2cccc(O)c2)o1. The van der Waals surface area contributed by atoms with E-state index in [9.17, 15) is 34.2 Å². The fourth-order valence-corrected chi connectivity index (χ4v) is 6.04. The lowest BCUT2D eigenvalue weighted by atomic mass is 9.96. The number of phenols is 1. The Morgan fingerprint density at radius 3 is 2.33 bits per heavy atom. The number of ketones is 1. The number of carbonyl (C=O) groups excluding carboxylic acids is 5. The highest BCUT2D eigenvalue weighted by Gasteiger charge is 2.40. The average molecular weight is 720 g/mol. The largest absolute Gasteiger partial charge is 0.508 e. The molecule has 0 bridgehead atoms. The molecule has 0 aliphatic carbocycles. The number of pyridine rings is 1. The summed E-state index contributed by atoms with van der Waals surface area (Å²) in [5.74, 6) is -2.99. The molecule has 4 amide bonds. The Balaban J connectivity index is 1.31. The van der Waals surface area contributed by atoms with Crippen molar-refractivity contribution in [3.05, 3.63) is 54.2 Å². The molecule has 0 radical (unpaired) electrons. The minimum absolute atomic E-state index is 0.00379. The number of nitrogens with one attached hydrogen (secondary N) is 3. The Bertz CT molecular complexity index is 1740. The second-order valence-electron chi connectivity index (χ2n) is 14.5. The van der Waals surface area contributed by atoms with Crippen LogP contribution in [0.5, 0.6) is 11.5 Å². The Morgan fingerprint density at radius 2 is 1.67 bits per heavy atom. The fraction of sp³-hybridized carbons (Fsp3) is 0.514. The molecule has 1 aliphatic heterocycles. The van der Waals surface area contributed by atoms with E-state index in [-0.39, 0.29) is 65.0 Å². The summed E-state index contributed by atoms with van der Waals surface area (Å²) in [5.41, 5.74) is 0.0406. The third-order valence-corrected chi connectivity index (χ3v) is 8.95. The number of phenolic OH excluding ortho intramolecular Hbond substituents is 1. The summed E-state index contributed by atoms with van der Waals surface area (Å²) in [7, 11) is 0. The van der Waals surface area contributed by atoms with E-state index in [1.807, 2.05) is 27.7 Å². The fourth-order valence-electron chi connectivity index (χ4n) is 6.04. The highest BCUT2D eigenvalue weighted by Crippen LogP contribution is 2.25. The second kappa shape index (κ2) is 17.2. The molecule has 3 aromatic rings. The number of carbonyl (C=O) groups is 5. The average Bonchev–Trinajstić information content (AvgIpc) is 3.78. The summed E-state index contributed by atoms with van der Waals surface area (Å²) in [6, 6.07) is 6.29. The monoisotopic (exact) mass is 719 g/mol. The Kier molecular flexibility index (Phi) is 13.1. The third kappa shape index (κ3) is 10.4. The number of hydrogen-bond acceptors (Lipinski definition) is 11. The predicted octanol–water partition coefficient (Wildman–Crippen LogP) is 3.77. The van der Waals surface area contributed by atoms with Gasteiger partial charge in [0.15, 0.2) is 0 Å². The molecule has 5 N–H and O–H groups in total. The first-order valence-electron chi connectivity index (χ1n) is 17.6. The van der Waals surface area contributed by atoms with Crippen molar-refractivity contribution >= 4 is 29.4 Å². The maximum atomic E-state index is 13.8. The van der Waals surface area contributed by atoms with Gasteiger partial charge in [-0.05, 0) is 81.7 Å². The van der Waals surface area contributed by atoms with E-state index in [2.05, 4.69) is 31.1 Å². The van der Waals surface area contributed by atoms with Crippen LogP contribution < -0.4 is 16.0 Å². The number of amides is 4. The van der Waals surface area contributed by atoms with E-state index in [4.69, 9.17) is 4.42 Å². The van der Waals surface area contributed by atoms with Gasteiger partial charge in [0, 0.05) is 24.1 Å². The van der Waals surface area contributed by atoms with Crippen LogP contribution in [-0.2, 0) is 14.4 Å². The quantitative estimate of drug-likeness (QED) is 0.106. The molecule has 280 valence electrons. The second-order valence-corrected chi connectivity index (χ2v) is 14.5. The van der Waals surface area contributed by atoms with Gasteiger partial charge in [0.05, 0.1) is 12.2 Å². The minimum Gasteiger partial charge on any atom is -0.508 e. The third-order valence-electron chi connectivity index (χ3n) is 8.95. The molecular formula is C37H49N7O8. The molecular weight excluding hydrogens is 670 g/mol. The number of Topliss-reactive ketones (excluding diaryl/α,β-unsaturated/α-hetero) is 1. The zero-order chi connectivity index (χ0) is 38.2. The zero-order valence-electron chi connectivity index (χ0n) is 30.5. The van der Waals surface area contributed by atoms with Gasteiger partial charge in [-0.3, -0.25) is 24.0 Å². The first-order chi connectivity index (χ1) is 24.6. The maximum Gasteiger partial charge on any atom is 0.286 e. The minimum atomic E-state index is -1.01. The van der Waals surface area contributed by atoms with Crippen LogP contribution in [-0.4, -0.2) is 89.9 Å². The number of likely N-dealkylation sites (tertiary alicyclic amines) is 1. The van der Waals surface area contributed by atoms with Gasteiger partial charge >= 0.3 is 0 Å². The molecule has 1 aromatic carbocycles. The van der Waals surface area contributed by atoms with Gasteiger partial charge in [-0.15, -0.1) is 10.2 Å². The van der Waals surface area contributed by atoms with Crippen molar-refractivity contribution in [2.75, 3.05) is 6.54 Å². The molecule has 15 heteroatoms. The van der Waals surface area contributed by atoms with Crippen molar-refractivity contribution < 1.29 is 38.6 Å². The van der Waals surface area contributed by atoms with E-state index in [1.165, 1.54) is 35.4 Å². The van der Waals surface area contributed by atoms with Gasteiger partial charge in [-0.1, -0.05) is 40.2 Å². The molecule has 2 aromatic heterocycles. The van der Waals surface area contributed by atoms with E-state index in [0.717, 1.165) is 0 Å². The Hall–Kier alpha value is -5.34. The standard InChI is InChI=1S/C37H49N7O8/c1-21(2)29(31(48)35-43-42-34(52-35)23-11-9-12-24(45)19-23)40-33(50)27-13-10-18-44(27)36(51)30(22(3)4)39-28(47)14-7-8-17-37(5,6)41-32(49)26-16-15-25(46)20-38-26/h9,11-12,15-16,19-22,27,29-30,45-46H,7-8,10,13-14,17-18H2,1-6H3,(H,39,47)(H,40,50)(H,41,49). The van der Waals surface area contributed by atoms with Gasteiger partial charge in [-0.25, -0.2) is 4.98 Å². The van der Waals surface area contributed by atoms with Crippen molar-refractivity contribution in [2.24, 2.45) is 11.8 Å². The molecule has 0 spiro atoms. The molecule has 1 fully saturated rings. The number of hydrogen-bond donors (Lipinski definition) is 5. The summed E-state index contributed by atoms with van der Waals surface area (Å²) < 4.78 is 5.60. The van der Waals surface area contributed by atoms with E-state index in [0.29, 0.717) is 44.2 Å². The van der Waals surface area contributed by atoms with Crippen LogP contribution in [0.3, 0.4) is 0 Å². The van der Waals surface area contributed by atoms with Crippen molar-refractivity contribution in [3.8, 4) is 23.0 Å². The Labute approximate surface area is 303 Å². The number of unbranched alkanes of at least 4 members (excludes halogenated alkanes) is 1. The van der Waals surface area contributed by atoms with Crippen molar-refractivity contribution in [1.82, 2.24) is 36.0 Å². The Morgan fingerprint density at radius 1 is 0.942 bits per heavy atom. The highest BCUT2D eigenvalue weighted by molar-refractivity contribution is 6.00. The molecule has 1 aliphatic rings. The first kappa shape index (κ1) is 39.4. The molecule has 3 atom stereocenters. The number of benzene rings is 1. The highest BCUT2D eigenvalue weighted by atomic mass is 16.4. The topological polar surface area (TPSA) is 217 Å². The van der Waals surface area contributed by atoms with E-state index >= 15 is 0 Å². The molecule has 52 heavy (non-hydrogen) atoms. The number of rotatable bonds is 16. The van der Waals surface area contributed by atoms with Crippen LogP contribution in [0.25, 0.3) is 11.5 Å². The van der Waals surface area contributed by atoms with Crippen LogP contribution in [0.15, 0.2) is 47.0 Å². The van der Waals surface area contributed by atoms with Crippen molar-refractivity contribution in [3.63, 3.8) is 0 Å². The van der Waals surface area contributed by atoms with Gasteiger partial charge in [-0.2, -0.15) is 0 Å². The summed E-state index contributed by atoms with van der Waals surface area (Å²) in [6.07, 6.45) is 4.10. The summed E-state index contributed by atoms with van der Waals surface area (Å²) >= 11 is 0. The van der Waals surface area contributed by atoms with Crippen LogP contribution in [0.1, 0.15) is 101 Å². The molecule has 15 nitrogen and oxygen atoms in total. The lowest BCUT2D eigenvalue weighted by Crippen LogP contribution is -2.57. The van der Waals surface area contributed by atoms with Crippen LogP contribution >= 0.6 is 0 Å². The van der Waals surface area contributed by atoms with E-state index in [1.54, 1.807) is 26.0 Å². The van der Waals surface area contributed by atoms with Crippen LogP contribution in [0, 0.1) is 11.8 Å². The number of nitrogens with zero attached hydrogens (tertiary/aromatic N) is 4. The van der Waals surface area contributed by atoms with E-state index < -0.39 is 35.4 Å². The molecule has 3 unspecified atom stereocenters. The van der Waals surface area contributed by atoms with Crippen LogP contribution in [0.4, 0.5) is 0 Å². The number of aromatic nitrogens is 3. The maximum absolute atomic E-state index is 13.8. The normalized spacial score (nSPS) is 15.7. The molecule has 0 saturated carbocycles. The molecule has 3 heterocycles. The lowest BCUT2D eigenvalue weighted by Gasteiger charge is -2.31. The number of aromatic hydroxyl groups is 2. The zero-order valence-corrected chi connectivity index (χ0v) is 30.5. The van der Waals surface area contributed by atoms with Crippen molar-refractivity contribution in [2.45, 2.75) is 104 Å². The van der Waals surface area contributed by atoms with Gasteiger partial charge in [0.25, 0.3) is 11.8 Å². The summed E-state index contributed by atoms with van der Waals surface area (Å²) in [4.78, 5) is 71.9. The van der Waals surface area contributed by atoms with Gasteiger partial charge < -0.3 is 35.5 Å².